The highest BCUT2D eigenvalue weighted by Gasteiger charge is 2.39. The van der Waals surface area contributed by atoms with Crippen LogP contribution in [0.4, 0.5) is 22.0 Å². The average Bonchev–Trinajstić information content (AvgIpc) is 2.72. The van der Waals surface area contributed by atoms with Crippen LogP contribution in [0, 0.1) is 0 Å². The molecular formula is C22H25Cl2F5N2O. The maximum atomic E-state index is 13.1. The van der Waals surface area contributed by atoms with Crippen LogP contribution in [0.1, 0.15) is 35.6 Å². The van der Waals surface area contributed by atoms with Crippen molar-refractivity contribution < 1.29 is 26.7 Å². The van der Waals surface area contributed by atoms with Crippen LogP contribution >= 0.6 is 24.8 Å². The molecule has 1 aliphatic heterocycles. The van der Waals surface area contributed by atoms with Crippen LogP contribution in [0.5, 0.6) is 5.75 Å². The number of benzene rings is 2. The second-order valence-corrected chi connectivity index (χ2v) is 7.13. The Morgan fingerprint density at radius 1 is 1.09 bits per heavy atom. The Bertz CT molecular complexity index is 890. The van der Waals surface area contributed by atoms with E-state index in [-0.39, 0.29) is 43.4 Å². The zero-order valence-corrected chi connectivity index (χ0v) is 18.8. The lowest BCUT2D eigenvalue weighted by molar-refractivity contribution is -0.0711. The second kappa shape index (κ2) is 12.4. The molecule has 0 amide bonds. The van der Waals surface area contributed by atoms with E-state index in [0.717, 1.165) is 37.1 Å². The predicted molar refractivity (Wildman–Crippen MR) is 120 cm³/mol. The standard InChI is InChI=1S/C22H23F5N2O.2ClH/c1-30-18-10-9-15(19(21(23)24)22(25,26)27)12-16(18)13-29-17-8-5-11-28-20(17)14-6-3-2-4-7-14;;/h2-4,6-7,9-10,12,17,20,28-29H,5,8,11,13H2,1H3;2*1H/t17-,20-;;/m0../s1. The van der Waals surface area contributed by atoms with Crippen LogP contribution in [0.25, 0.3) is 5.57 Å². The van der Waals surface area contributed by atoms with E-state index in [2.05, 4.69) is 10.6 Å². The molecule has 0 radical (unpaired) electrons. The fourth-order valence-corrected chi connectivity index (χ4v) is 3.81. The van der Waals surface area contributed by atoms with E-state index in [0.29, 0.717) is 11.3 Å². The number of hydrogen-bond acceptors (Lipinski definition) is 3. The quantitative estimate of drug-likeness (QED) is 0.459. The number of hydrogen-bond donors (Lipinski definition) is 2. The smallest absolute Gasteiger partial charge is 0.422 e. The molecule has 0 aliphatic carbocycles. The van der Waals surface area contributed by atoms with Gasteiger partial charge in [0.2, 0.25) is 0 Å². The van der Waals surface area contributed by atoms with Crippen molar-refractivity contribution in [2.24, 2.45) is 0 Å². The zero-order chi connectivity index (χ0) is 21.7. The van der Waals surface area contributed by atoms with E-state index in [1.54, 1.807) is 0 Å². The molecule has 2 atom stereocenters. The number of nitrogens with one attached hydrogen (secondary N) is 2. The molecule has 2 aromatic carbocycles. The number of piperidine rings is 1. The number of methoxy groups -OCH3 is 1. The van der Waals surface area contributed by atoms with Gasteiger partial charge < -0.3 is 15.4 Å². The molecule has 0 unspecified atom stereocenters. The van der Waals surface area contributed by atoms with E-state index < -0.39 is 23.4 Å². The SMILES string of the molecule is COc1ccc(C(=C(F)F)C(F)(F)F)cc1CN[C@H]1CCCN[C@H]1c1ccccc1.Cl.Cl. The van der Waals surface area contributed by atoms with Gasteiger partial charge in [0.15, 0.2) is 0 Å². The van der Waals surface area contributed by atoms with E-state index in [1.165, 1.54) is 13.2 Å². The summed E-state index contributed by atoms with van der Waals surface area (Å²) in [5.41, 5.74) is -1.01. The summed E-state index contributed by atoms with van der Waals surface area (Å²) < 4.78 is 70.5. The molecule has 0 spiro atoms. The first-order chi connectivity index (χ1) is 14.3. The van der Waals surface area contributed by atoms with Gasteiger partial charge in [-0.2, -0.15) is 22.0 Å². The lowest BCUT2D eigenvalue weighted by atomic mass is 9.92. The van der Waals surface area contributed by atoms with Crippen molar-refractivity contribution >= 4 is 30.4 Å². The van der Waals surface area contributed by atoms with Crippen molar-refractivity contribution in [3.05, 3.63) is 71.3 Å². The van der Waals surface area contributed by atoms with Crippen molar-refractivity contribution in [1.82, 2.24) is 10.6 Å². The number of halogens is 7. The Morgan fingerprint density at radius 2 is 1.78 bits per heavy atom. The summed E-state index contributed by atoms with van der Waals surface area (Å²) in [7, 11) is 1.39. The third-order valence-corrected chi connectivity index (χ3v) is 5.21. The van der Waals surface area contributed by atoms with Gasteiger partial charge in [-0.05, 0) is 42.6 Å². The molecule has 1 aliphatic rings. The van der Waals surface area contributed by atoms with Gasteiger partial charge in [0.1, 0.15) is 11.3 Å². The lowest BCUT2D eigenvalue weighted by Crippen LogP contribution is -2.45. The third kappa shape index (κ3) is 6.81. The lowest BCUT2D eigenvalue weighted by Gasteiger charge is -2.34. The van der Waals surface area contributed by atoms with E-state index >= 15 is 0 Å². The molecule has 1 fully saturated rings. The monoisotopic (exact) mass is 498 g/mol. The van der Waals surface area contributed by atoms with Gasteiger partial charge >= 0.3 is 6.18 Å². The van der Waals surface area contributed by atoms with Crippen LogP contribution in [0.15, 0.2) is 54.6 Å². The molecular weight excluding hydrogens is 474 g/mol. The number of ether oxygens (including phenoxy) is 1. The summed E-state index contributed by atoms with van der Waals surface area (Å²) in [5.74, 6) is 0.340. The first-order valence-electron chi connectivity index (χ1n) is 9.62. The molecule has 0 saturated carbocycles. The summed E-state index contributed by atoms with van der Waals surface area (Å²) in [6.45, 7) is 1.05. The summed E-state index contributed by atoms with van der Waals surface area (Å²) >= 11 is 0. The Morgan fingerprint density at radius 3 is 2.38 bits per heavy atom. The molecule has 3 nitrogen and oxygen atoms in total. The van der Waals surface area contributed by atoms with Gasteiger partial charge in [-0.1, -0.05) is 36.4 Å². The molecule has 3 rings (SSSR count). The van der Waals surface area contributed by atoms with Crippen molar-refractivity contribution in [2.45, 2.75) is 37.6 Å². The molecule has 1 saturated heterocycles. The van der Waals surface area contributed by atoms with Gasteiger partial charge in [-0.15, -0.1) is 24.8 Å². The second-order valence-electron chi connectivity index (χ2n) is 7.13. The van der Waals surface area contributed by atoms with Crippen LogP contribution in [0.2, 0.25) is 0 Å². The molecule has 0 aromatic heterocycles. The summed E-state index contributed by atoms with van der Waals surface area (Å²) in [6.07, 6.45) is -6.08. The third-order valence-electron chi connectivity index (χ3n) is 5.21. The number of allylic oxidation sites excluding steroid dienone is 1. The Labute approximate surface area is 196 Å². The van der Waals surface area contributed by atoms with Crippen LogP contribution in [-0.2, 0) is 6.54 Å². The Kier molecular flexibility index (Phi) is 10.9. The first kappa shape index (κ1) is 28.2. The minimum Gasteiger partial charge on any atom is -0.496 e. The van der Waals surface area contributed by atoms with Crippen LogP contribution < -0.4 is 15.4 Å². The fraction of sp³-hybridized carbons (Fsp3) is 0.364. The van der Waals surface area contributed by atoms with Crippen molar-refractivity contribution in [1.29, 1.82) is 0 Å². The van der Waals surface area contributed by atoms with Gasteiger partial charge in [0.25, 0.3) is 6.08 Å². The minimum atomic E-state index is -5.15. The van der Waals surface area contributed by atoms with Gasteiger partial charge in [0, 0.05) is 24.2 Å². The molecule has 2 N–H and O–H groups in total. The zero-order valence-electron chi connectivity index (χ0n) is 17.2. The van der Waals surface area contributed by atoms with Crippen molar-refractivity contribution in [2.75, 3.05) is 13.7 Å². The highest BCUT2D eigenvalue weighted by atomic mass is 35.5. The molecule has 2 aromatic rings. The normalized spacial score (nSPS) is 18.2. The summed E-state index contributed by atoms with van der Waals surface area (Å²) in [6, 6.07) is 13.3. The molecule has 1 heterocycles. The van der Waals surface area contributed by atoms with Gasteiger partial charge in [-0.25, -0.2) is 0 Å². The van der Waals surface area contributed by atoms with Crippen LogP contribution in [0.3, 0.4) is 0 Å². The Hall–Kier alpha value is -1.87. The molecule has 32 heavy (non-hydrogen) atoms. The largest absolute Gasteiger partial charge is 0.496 e. The highest BCUT2D eigenvalue weighted by molar-refractivity contribution is 5.85. The van der Waals surface area contributed by atoms with Gasteiger partial charge in [-0.3, -0.25) is 0 Å². The van der Waals surface area contributed by atoms with Crippen molar-refractivity contribution in [3.8, 4) is 5.75 Å². The summed E-state index contributed by atoms with van der Waals surface area (Å²) in [4.78, 5) is 0. The van der Waals surface area contributed by atoms with E-state index in [9.17, 15) is 22.0 Å². The summed E-state index contributed by atoms with van der Waals surface area (Å²) in [5, 5.41) is 6.83. The van der Waals surface area contributed by atoms with E-state index in [4.69, 9.17) is 4.74 Å². The molecule has 178 valence electrons. The molecule has 0 bridgehead atoms. The number of rotatable bonds is 6. The van der Waals surface area contributed by atoms with Gasteiger partial charge in [0.05, 0.1) is 7.11 Å². The van der Waals surface area contributed by atoms with E-state index in [1.807, 2.05) is 30.3 Å². The minimum absolute atomic E-state index is 0. The predicted octanol–water partition coefficient (Wildman–Crippen LogP) is 6.29. The maximum absolute atomic E-state index is 13.1. The van der Waals surface area contributed by atoms with Crippen molar-refractivity contribution in [3.63, 3.8) is 0 Å². The van der Waals surface area contributed by atoms with Crippen LogP contribution in [-0.4, -0.2) is 25.9 Å². The Balaban J connectivity index is 0.00000256. The maximum Gasteiger partial charge on any atom is 0.422 e. The molecule has 10 heteroatoms. The number of alkyl halides is 3. The highest BCUT2D eigenvalue weighted by Crippen LogP contribution is 2.38. The first-order valence-corrected chi connectivity index (χ1v) is 9.62. The fourth-order valence-electron chi connectivity index (χ4n) is 3.81. The topological polar surface area (TPSA) is 33.3 Å². The average molecular weight is 499 g/mol.